The number of thiophene rings is 1. The van der Waals surface area contributed by atoms with E-state index >= 15 is 0 Å². The summed E-state index contributed by atoms with van der Waals surface area (Å²) in [5.41, 5.74) is 4.01. The van der Waals surface area contributed by atoms with Crippen LogP contribution in [0.25, 0.3) is 11.3 Å². The Labute approximate surface area is 211 Å². The van der Waals surface area contributed by atoms with Crippen LogP contribution in [0.4, 0.5) is 5.00 Å². The van der Waals surface area contributed by atoms with Gasteiger partial charge in [-0.1, -0.05) is 53.5 Å². The van der Waals surface area contributed by atoms with Gasteiger partial charge >= 0.3 is 0 Å². The molecule has 0 unspecified atom stereocenters. The minimum atomic E-state index is -0.444. The quantitative estimate of drug-likeness (QED) is 0.320. The second-order valence-corrected chi connectivity index (χ2v) is 10.5. The molecule has 4 aromatic rings. The molecular weight excluding hydrogens is 489 g/mol. The van der Waals surface area contributed by atoms with Crippen molar-refractivity contribution in [3.05, 3.63) is 98.0 Å². The summed E-state index contributed by atoms with van der Waals surface area (Å²) in [6, 6.07) is 19.5. The molecule has 34 heavy (non-hydrogen) atoms. The van der Waals surface area contributed by atoms with Gasteiger partial charge in [-0.15, -0.1) is 11.3 Å². The molecule has 2 aromatic carbocycles. The topological polar surface area (TPSA) is 57.5 Å². The SMILES string of the molecule is O=C1N[C@@H](c2ccc(-c3ccc(Cl)cc3Cl)o2)Nc2sc3c(c21)CCN(Cc1ccccc1)C3. The predicted molar refractivity (Wildman–Crippen MR) is 137 cm³/mol. The maximum absolute atomic E-state index is 13.1. The number of anilines is 1. The smallest absolute Gasteiger partial charge is 0.256 e. The van der Waals surface area contributed by atoms with E-state index < -0.39 is 6.17 Å². The zero-order chi connectivity index (χ0) is 23.2. The number of halogens is 2. The summed E-state index contributed by atoms with van der Waals surface area (Å²) in [7, 11) is 0. The van der Waals surface area contributed by atoms with Crippen LogP contribution in [0, 0.1) is 0 Å². The van der Waals surface area contributed by atoms with E-state index in [1.54, 1.807) is 23.5 Å². The molecule has 2 aliphatic rings. The lowest BCUT2D eigenvalue weighted by Gasteiger charge is -2.28. The van der Waals surface area contributed by atoms with Gasteiger partial charge in [0.15, 0.2) is 6.17 Å². The molecule has 2 aromatic heterocycles. The second kappa shape index (κ2) is 8.78. The van der Waals surface area contributed by atoms with E-state index in [0.717, 1.165) is 42.2 Å². The van der Waals surface area contributed by atoms with Crippen LogP contribution in [0.15, 0.2) is 65.1 Å². The number of carbonyl (C=O) groups is 1. The van der Waals surface area contributed by atoms with Gasteiger partial charge in [-0.2, -0.15) is 0 Å². The zero-order valence-electron chi connectivity index (χ0n) is 18.1. The largest absolute Gasteiger partial charge is 0.457 e. The summed E-state index contributed by atoms with van der Waals surface area (Å²) >= 11 is 14.0. The van der Waals surface area contributed by atoms with Crippen LogP contribution in [-0.4, -0.2) is 17.4 Å². The third-order valence-electron chi connectivity index (χ3n) is 6.27. The number of hydrogen-bond donors (Lipinski definition) is 2. The Morgan fingerprint density at radius 3 is 2.74 bits per heavy atom. The number of carbonyl (C=O) groups excluding carboxylic acids is 1. The average molecular weight is 510 g/mol. The van der Waals surface area contributed by atoms with Crippen LogP contribution < -0.4 is 10.6 Å². The Balaban J connectivity index is 1.22. The Hall–Kier alpha value is -2.77. The van der Waals surface area contributed by atoms with Gasteiger partial charge < -0.3 is 15.1 Å². The number of benzene rings is 2. The molecule has 0 fully saturated rings. The molecule has 1 amide bonds. The van der Waals surface area contributed by atoms with Crippen LogP contribution in [-0.2, 0) is 19.5 Å². The summed E-state index contributed by atoms with van der Waals surface area (Å²) in [5.74, 6) is 1.19. The van der Waals surface area contributed by atoms with Gasteiger partial charge in [0.1, 0.15) is 16.5 Å². The van der Waals surface area contributed by atoms with Gasteiger partial charge in [-0.25, -0.2) is 0 Å². The Kier molecular flexibility index (Phi) is 5.62. The van der Waals surface area contributed by atoms with Gasteiger partial charge in [0.25, 0.3) is 5.91 Å². The molecule has 0 saturated carbocycles. The lowest BCUT2D eigenvalue weighted by atomic mass is 10.0. The molecular formula is C26H21Cl2N3O2S. The fourth-order valence-electron chi connectivity index (χ4n) is 4.63. The Morgan fingerprint density at radius 2 is 1.91 bits per heavy atom. The van der Waals surface area contributed by atoms with Crippen LogP contribution >= 0.6 is 34.5 Å². The van der Waals surface area contributed by atoms with Crippen molar-refractivity contribution in [1.29, 1.82) is 0 Å². The summed E-state index contributed by atoms with van der Waals surface area (Å²) in [5, 5.41) is 8.52. The minimum absolute atomic E-state index is 0.0600. The first-order valence-electron chi connectivity index (χ1n) is 11.1. The van der Waals surface area contributed by atoms with E-state index in [0.29, 0.717) is 21.6 Å². The molecule has 6 rings (SSSR count). The van der Waals surface area contributed by atoms with Crippen molar-refractivity contribution in [2.24, 2.45) is 0 Å². The van der Waals surface area contributed by atoms with Crippen LogP contribution in [0.3, 0.4) is 0 Å². The van der Waals surface area contributed by atoms with Crippen molar-refractivity contribution < 1.29 is 9.21 Å². The van der Waals surface area contributed by atoms with E-state index in [-0.39, 0.29) is 5.91 Å². The highest BCUT2D eigenvalue weighted by Gasteiger charge is 2.34. The first-order chi connectivity index (χ1) is 16.5. The van der Waals surface area contributed by atoms with Gasteiger partial charge in [0.05, 0.1) is 10.6 Å². The Morgan fingerprint density at radius 1 is 1.06 bits per heavy atom. The first kappa shape index (κ1) is 21.7. The van der Waals surface area contributed by atoms with E-state index in [1.165, 1.54) is 16.0 Å². The Bertz CT molecular complexity index is 1380. The predicted octanol–water partition coefficient (Wildman–Crippen LogP) is 6.73. The van der Waals surface area contributed by atoms with E-state index in [1.807, 2.05) is 24.3 Å². The number of hydrogen-bond acceptors (Lipinski definition) is 5. The molecule has 4 heterocycles. The first-order valence-corrected chi connectivity index (χ1v) is 12.7. The van der Waals surface area contributed by atoms with Crippen LogP contribution in [0.2, 0.25) is 10.0 Å². The van der Waals surface area contributed by atoms with Crippen molar-refractivity contribution in [3.63, 3.8) is 0 Å². The normalized spacial score (nSPS) is 17.6. The lowest BCUT2D eigenvalue weighted by Crippen LogP contribution is -2.38. The van der Waals surface area contributed by atoms with Crippen LogP contribution in [0.1, 0.15) is 38.3 Å². The highest BCUT2D eigenvalue weighted by molar-refractivity contribution is 7.16. The summed E-state index contributed by atoms with van der Waals surface area (Å²) in [6.07, 6.45) is 0.425. The molecule has 2 N–H and O–H groups in total. The molecule has 0 saturated heterocycles. The van der Waals surface area contributed by atoms with Crippen molar-refractivity contribution >= 4 is 45.4 Å². The number of furan rings is 1. The van der Waals surface area contributed by atoms with Gasteiger partial charge in [-0.05, 0) is 47.9 Å². The van der Waals surface area contributed by atoms with Gasteiger partial charge in [-0.3, -0.25) is 9.69 Å². The molecule has 0 spiro atoms. The maximum atomic E-state index is 13.1. The maximum Gasteiger partial charge on any atom is 0.256 e. The number of rotatable bonds is 4. The van der Waals surface area contributed by atoms with E-state index in [9.17, 15) is 4.79 Å². The van der Waals surface area contributed by atoms with Crippen LogP contribution in [0.5, 0.6) is 0 Å². The zero-order valence-corrected chi connectivity index (χ0v) is 20.4. The monoisotopic (exact) mass is 509 g/mol. The molecule has 0 radical (unpaired) electrons. The number of amides is 1. The van der Waals surface area contributed by atoms with Crippen molar-refractivity contribution in [1.82, 2.24) is 10.2 Å². The second-order valence-electron chi connectivity index (χ2n) is 8.53. The highest BCUT2D eigenvalue weighted by atomic mass is 35.5. The van der Waals surface area contributed by atoms with E-state index in [4.69, 9.17) is 27.6 Å². The highest BCUT2D eigenvalue weighted by Crippen LogP contribution is 2.41. The van der Waals surface area contributed by atoms with Gasteiger partial charge in [0.2, 0.25) is 0 Å². The van der Waals surface area contributed by atoms with Gasteiger partial charge in [0, 0.05) is 35.1 Å². The summed E-state index contributed by atoms with van der Waals surface area (Å²) in [4.78, 5) is 16.8. The number of nitrogens with zero attached hydrogens (tertiary/aromatic N) is 1. The molecule has 8 heteroatoms. The fraction of sp³-hybridized carbons (Fsp3) is 0.192. The van der Waals surface area contributed by atoms with Crippen molar-refractivity contribution in [2.45, 2.75) is 25.7 Å². The minimum Gasteiger partial charge on any atom is -0.457 e. The fourth-order valence-corrected chi connectivity index (χ4v) is 6.45. The summed E-state index contributed by atoms with van der Waals surface area (Å²) in [6.45, 7) is 2.69. The molecule has 5 nitrogen and oxygen atoms in total. The molecule has 0 bridgehead atoms. The number of nitrogens with one attached hydrogen (secondary N) is 2. The number of fused-ring (bicyclic) bond motifs is 3. The van der Waals surface area contributed by atoms with Crippen molar-refractivity contribution in [2.75, 3.05) is 11.9 Å². The molecule has 172 valence electrons. The molecule has 2 aliphatic heterocycles. The third kappa shape index (κ3) is 4.01. The average Bonchev–Trinajstić information content (AvgIpc) is 3.44. The molecule has 1 atom stereocenters. The standard InChI is InChI=1S/C26H21Cl2N3O2S/c27-16-6-7-17(19(28)12-16)20-8-9-21(33-20)24-29-25(32)23-18-10-11-31(13-15-4-2-1-3-5-15)14-22(18)34-26(23)30-24/h1-9,12,24,30H,10-11,13-14H2,(H,29,32)/t24-/m1/s1. The third-order valence-corrected chi connectivity index (χ3v) is 7.97. The molecule has 0 aliphatic carbocycles. The van der Waals surface area contributed by atoms with Crippen molar-refractivity contribution in [3.8, 4) is 11.3 Å². The summed E-state index contributed by atoms with van der Waals surface area (Å²) < 4.78 is 6.07. The lowest BCUT2D eigenvalue weighted by molar-refractivity contribution is 0.0930. The van der Waals surface area contributed by atoms with E-state index in [2.05, 4.69) is 39.8 Å².